The van der Waals surface area contributed by atoms with Crippen molar-refractivity contribution in [3.63, 3.8) is 0 Å². The lowest BCUT2D eigenvalue weighted by Gasteiger charge is -2.20. The fourth-order valence-electron chi connectivity index (χ4n) is 1.49. The lowest BCUT2D eigenvalue weighted by molar-refractivity contribution is -0.126. The molecule has 0 fully saturated rings. The SMILES string of the molecule is CCCCC(=O)N(CCCC)Sc1ccccn1. The van der Waals surface area contributed by atoms with E-state index in [4.69, 9.17) is 0 Å². The summed E-state index contributed by atoms with van der Waals surface area (Å²) < 4.78 is 1.86. The molecule has 0 unspecified atom stereocenters. The highest BCUT2D eigenvalue weighted by molar-refractivity contribution is 7.97. The Labute approximate surface area is 114 Å². The smallest absolute Gasteiger partial charge is 0.232 e. The van der Waals surface area contributed by atoms with Crippen molar-refractivity contribution in [1.29, 1.82) is 0 Å². The minimum atomic E-state index is 0.223. The second kappa shape index (κ2) is 8.97. The van der Waals surface area contributed by atoms with Gasteiger partial charge in [-0.2, -0.15) is 0 Å². The fourth-order valence-corrected chi connectivity index (χ4v) is 2.38. The minimum absolute atomic E-state index is 0.223. The standard InChI is InChI=1S/C14H22N2OS/c1-3-5-10-14(17)16(12-6-4-2)18-13-9-7-8-11-15-13/h7-9,11H,3-6,10,12H2,1-2H3. The Morgan fingerprint density at radius 2 is 2.06 bits per heavy atom. The summed E-state index contributed by atoms with van der Waals surface area (Å²) in [4.78, 5) is 16.3. The van der Waals surface area contributed by atoms with Crippen LogP contribution in [-0.4, -0.2) is 21.7 Å². The van der Waals surface area contributed by atoms with Crippen LogP contribution in [0.15, 0.2) is 29.4 Å². The van der Waals surface area contributed by atoms with Crippen LogP contribution in [0.1, 0.15) is 46.0 Å². The average Bonchev–Trinajstić information content (AvgIpc) is 2.42. The van der Waals surface area contributed by atoms with E-state index in [0.717, 1.165) is 37.3 Å². The molecule has 0 radical (unpaired) electrons. The van der Waals surface area contributed by atoms with E-state index >= 15 is 0 Å². The van der Waals surface area contributed by atoms with Crippen molar-refractivity contribution in [1.82, 2.24) is 9.29 Å². The van der Waals surface area contributed by atoms with Crippen LogP contribution in [0.2, 0.25) is 0 Å². The van der Waals surface area contributed by atoms with Gasteiger partial charge in [-0.1, -0.05) is 32.8 Å². The zero-order valence-corrected chi connectivity index (χ0v) is 12.1. The van der Waals surface area contributed by atoms with Crippen LogP contribution in [0.5, 0.6) is 0 Å². The van der Waals surface area contributed by atoms with Crippen LogP contribution in [0.25, 0.3) is 0 Å². The number of hydrogen-bond acceptors (Lipinski definition) is 3. The number of carbonyl (C=O) groups excluding carboxylic acids is 1. The van der Waals surface area contributed by atoms with Crippen LogP contribution in [0, 0.1) is 0 Å². The van der Waals surface area contributed by atoms with Gasteiger partial charge in [0.15, 0.2) is 0 Å². The van der Waals surface area contributed by atoms with E-state index in [1.807, 2.05) is 22.5 Å². The Morgan fingerprint density at radius 3 is 2.67 bits per heavy atom. The van der Waals surface area contributed by atoms with Gasteiger partial charge in [0.2, 0.25) is 5.91 Å². The topological polar surface area (TPSA) is 33.2 Å². The Balaban J connectivity index is 2.57. The van der Waals surface area contributed by atoms with E-state index in [2.05, 4.69) is 18.8 Å². The molecule has 1 amide bonds. The first kappa shape index (κ1) is 15.0. The van der Waals surface area contributed by atoms with Crippen LogP contribution in [-0.2, 0) is 4.79 Å². The van der Waals surface area contributed by atoms with Gasteiger partial charge in [-0.15, -0.1) is 0 Å². The molecule has 100 valence electrons. The Hall–Kier alpha value is -1.03. The maximum Gasteiger partial charge on any atom is 0.232 e. The first-order valence-electron chi connectivity index (χ1n) is 6.67. The highest BCUT2D eigenvalue weighted by atomic mass is 32.2. The van der Waals surface area contributed by atoms with E-state index in [-0.39, 0.29) is 5.91 Å². The third-order valence-electron chi connectivity index (χ3n) is 2.58. The maximum atomic E-state index is 12.1. The quantitative estimate of drug-likeness (QED) is 0.669. The number of unbranched alkanes of at least 4 members (excludes halogenated alkanes) is 2. The predicted molar refractivity (Wildman–Crippen MR) is 76.2 cm³/mol. The van der Waals surface area contributed by atoms with Gasteiger partial charge < -0.3 is 0 Å². The zero-order valence-electron chi connectivity index (χ0n) is 11.3. The summed E-state index contributed by atoms with van der Waals surface area (Å²) in [5.41, 5.74) is 0. The molecule has 0 bridgehead atoms. The Kier molecular flexibility index (Phi) is 7.49. The molecule has 1 heterocycles. The van der Waals surface area contributed by atoms with Crippen molar-refractivity contribution in [3.05, 3.63) is 24.4 Å². The molecule has 0 atom stereocenters. The monoisotopic (exact) mass is 266 g/mol. The molecular weight excluding hydrogens is 244 g/mol. The van der Waals surface area contributed by atoms with Crippen molar-refractivity contribution < 1.29 is 4.79 Å². The van der Waals surface area contributed by atoms with Crippen molar-refractivity contribution in [3.8, 4) is 0 Å². The van der Waals surface area contributed by atoms with Crippen molar-refractivity contribution in [2.24, 2.45) is 0 Å². The van der Waals surface area contributed by atoms with Crippen LogP contribution in [0.4, 0.5) is 0 Å². The normalized spacial score (nSPS) is 10.3. The molecule has 0 aliphatic carbocycles. The van der Waals surface area contributed by atoms with Crippen molar-refractivity contribution in [2.75, 3.05) is 6.54 Å². The fraction of sp³-hybridized carbons (Fsp3) is 0.571. The molecule has 1 aromatic heterocycles. The van der Waals surface area contributed by atoms with Gasteiger partial charge >= 0.3 is 0 Å². The predicted octanol–water partition coefficient (Wildman–Crippen LogP) is 3.91. The van der Waals surface area contributed by atoms with Gasteiger partial charge in [0.25, 0.3) is 0 Å². The molecule has 18 heavy (non-hydrogen) atoms. The lowest BCUT2D eigenvalue weighted by Crippen LogP contribution is -2.25. The average molecular weight is 266 g/mol. The van der Waals surface area contributed by atoms with Crippen molar-refractivity contribution in [2.45, 2.75) is 51.0 Å². The van der Waals surface area contributed by atoms with Gasteiger partial charge in [0.1, 0.15) is 5.03 Å². The molecule has 1 aromatic rings. The second-order valence-corrected chi connectivity index (χ2v) is 5.25. The molecule has 1 rings (SSSR count). The van der Waals surface area contributed by atoms with Gasteiger partial charge in [-0.3, -0.25) is 9.10 Å². The van der Waals surface area contributed by atoms with E-state index in [0.29, 0.717) is 6.42 Å². The summed E-state index contributed by atoms with van der Waals surface area (Å²) in [7, 11) is 0. The molecule has 0 saturated carbocycles. The summed E-state index contributed by atoms with van der Waals surface area (Å²) in [5.74, 6) is 0.223. The largest absolute Gasteiger partial charge is 0.281 e. The molecule has 4 heteroatoms. The number of rotatable bonds is 8. The molecule has 3 nitrogen and oxygen atoms in total. The number of hydrogen-bond donors (Lipinski definition) is 0. The van der Waals surface area contributed by atoms with Crippen LogP contribution in [0.3, 0.4) is 0 Å². The number of nitrogens with zero attached hydrogens (tertiary/aromatic N) is 2. The van der Waals surface area contributed by atoms with Crippen LogP contribution < -0.4 is 0 Å². The Bertz CT molecular complexity index is 343. The summed E-state index contributed by atoms with van der Waals surface area (Å²) in [5, 5.41) is 0.887. The number of carbonyl (C=O) groups is 1. The minimum Gasteiger partial charge on any atom is -0.281 e. The number of pyridine rings is 1. The first-order chi connectivity index (χ1) is 8.77. The zero-order chi connectivity index (χ0) is 13.2. The van der Waals surface area contributed by atoms with Crippen molar-refractivity contribution >= 4 is 17.9 Å². The lowest BCUT2D eigenvalue weighted by atomic mass is 10.2. The first-order valence-corrected chi connectivity index (χ1v) is 7.44. The van der Waals surface area contributed by atoms with Gasteiger partial charge in [-0.05, 0) is 25.0 Å². The molecular formula is C14H22N2OS. The summed E-state index contributed by atoms with van der Waals surface area (Å²) in [6.07, 6.45) is 6.56. The molecule has 0 aliphatic heterocycles. The van der Waals surface area contributed by atoms with E-state index < -0.39 is 0 Å². The van der Waals surface area contributed by atoms with E-state index in [1.165, 1.54) is 11.9 Å². The molecule has 0 aliphatic rings. The number of amides is 1. The highest BCUT2D eigenvalue weighted by Crippen LogP contribution is 2.22. The maximum absolute atomic E-state index is 12.1. The summed E-state index contributed by atoms with van der Waals surface area (Å²) in [6, 6.07) is 5.78. The third-order valence-corrected chi connectivity index (χ3v) is 3.61. The van der Waals surface area contributed by atoms with E-state index in [1.54, 1.807) is 6.20 Å². The molecule has 0 aromatic carbocycles. The number of aromatic nitrogens is 1. The highest BCUT2D eigenvalue weighted by Gasteiger charge is 2.14. The van der Waals surface area contributed by atoms with Crippen LogP contribution >= 0.6 is 11.9 Å². The van der Waals surface area contributed by atoms with Gasteiger partial charge in [-0.25, -0.2) is 4.98 Å². The Morgan fingerprint density at radius 1 is 1.28 bits per heavy atom. The second-order valence-electron chi connectivity index (χ2n) is 4.21. The molecule has 0 N–H and O–H groups in total. The summed E-state index contributed by atoms with van der Waals surface area (Å²) in [6.45, 7) is 5.05. The molecule has 0 spiro atoms. The van der Waals surface area contributed by atoms with Gasteiger partial charge in [0.05, 0.1) is 0 Å². The molecule has 0 saturated heterocycles. The van der Waals surface area contributed by atoms with E-state index in [9.17, 15) is 4.79 Å². The third kappa shape index (κ3) is 5.54. The summed E-state index contributed by atoms with van der Waals surface area (Å²) >= 11 is 1.46. The van der Waals surface area contributed by atoms with Gasteiger partial charge in [0, 0.05) is 31.1 Å².